The Morgan fingerprint density at radius 2 is 1.00 bits per heavy atom. The molecule has 0 spiro atoms. The van der Waals surface area contributed by atoms with Gasteiger partial charge in [0, 0.05) is 6.54 Å². The fourth-order valence-electron chi connectivity index (χ4n) is 2.72. The summed E-state index contributed by atoms with van der Waals surface area (Å²) in [7, 11) is -2.49. The van der Waals surface area contributed by atoms with E-state index in [4.69, 9.17) is 23.2 Å². The van der Waals surface area contributed by atoms with E-state index in [0.29, 0.717) is 0 Å². The van der Waals surface area contributed by atoms with E-state index in [9.17, 15) is 4.57 Å². The van der Waals surface area contributed by atoms with Crippen LogP contribution in [0.25, 0.3) is 0 Å². The highest BCUT2D eigenvalue weighted by atomic mass is 35.5. The lowest BCUT2D eigenvalue weighted by molar-refractivity contribution is 0.533. The van der Waals surface area contributed by atoms with Crippen molar-refractivity contribution in [2.24, 2.45) is 0 Å². The van der Waals surface area contributed by atoms with Gasteiger partial charge < -0.3 is 4.57 Å². The van der Waals surface area contributed by atoms with Crippen LogP contribution in [0.15, 0.2) is 0 Å². The summed E-state index contributed by atoms with van der Waals surface area (Å²) < 4.78 is 11.9. The Hall–Kier alpha value is 0.770. The summed E-state index contributed by atoms with van der Waals surface area (Å²) >= 11 is 11.3. The Bertz CT molecular complexity index is 282. The van der Waals surface area contributed by atoms with E-state index < -0.39 is 7.29 Å². The molecule has 0 saturated carbocycles. The smallest absolute Gasteiger partial charge is 0.176 e. The lowest BCUT2D eigenvalue weighted by Gasteiger charge is -2.13. The second-order valence-electron chi connectivity index (χ2n) is 6.63. The summed E-state index contributed by atoms with van der Waals surface area (Å²) in [5.41, 5.74) is 0.268. The molecule has 0 aromatic carbocycles. The van der Waals surface area contributed by atoms with Crippen LogP contribution >= 0.6 is 30.5 Å². The summed E-state index contributed by atoms with van der Waals surface area (Å²) in [6, 6.07) is 0. The molecule has 0 saturated heterocycles. The van der Waals surface area contributed by atoms with E-state index in [0.717, 1.165) is 13.0 Å². The molecule has 0 rings (SSSR count). The van der Waals surface area contributed by atoms with Gasteiger partial charge in [0.25, 0.3) is 0 Å². The molecule has 0 radical (unpaired) electrons. The first-order valence-electron chi connectivity index (χ1n) is 9.63. The Kier molecular flexibility index (Phi) is 18.2. The molecule has 0 heterocycles. The maximum Gasteiger partial charge on any atom is 0.176 e. The Morgan fingerprint density at radius 1 is 0.652 bits per heavy atom. The normalized spacial score (nSPS) is 12.0. The molecule has 0 aliphatic heterocycles. The summed E-state index contributed by atoms with van der Waals surface area (Å²) in [5.74, 6) is 0. The van der Waals surface area contributed by atoms with Gasteiger partial charge in [-0.25, -0.2) is 0 Å². The molecule has 2 nitrogen and oxygen atoms in total. The summed E-state index contributed by atoms with van der Waals surface area (Å²) in [6.45, 7) is 3.05. The second kappa shape index (κ2) is 17.6. The fraction of sp³-hybridized carbons (Fsp3) is 1.00. The molecule has 0 aliphatic rings. The summed E-state index contributed by atoms with van der Waals surface area (Å²) in [4.78, 5) is 0. The van der Waals surface area contributed by atoms with Crippen LogP contribution in [0.4, 0.5) is 0 Å². The molecule has 0 aromatic heterocycles. The Labute approximate surface area is 154 Å². The standard InChI is InChI=1S/C18H38Cl2NOP/c1-2-3-4-5-6-7-8-9-10-11-12-13-14-15-16-21-23(22,17-19)18-20/h2-18H2,1H3,(H,21,22). The van der Waals surface area contributed by atoms with Crippen LogP contribution in [0.2, 0.25) is 0 Å². The van der Waals surface area contributed by atoms with Gasteiger partial charge in [-0.05, 0) is 6.42 Å². The van der Waals surface area contributed by atoms with Crippen molar-refractivity contribution in [3.63, 3.8) is 0 Å². The van der Waals surface area contributed by atoms with Gasteiger partial charge in [0.2, 0.25) is 0 Å². The molecular formula is C18H38Cl2NOP. The lowest BCUT2D eigenvalue weighted by Crippen LogP contribution is -2.13. The minimum absolute atomic E-state index is 0.134. The van der Waals surface area contributed by atoms with Crippen LogP contribution in [0.1, 0.15) is 96.8 Å². The van der Waals surface area contributed by atoms with Gasteiger partial charge in [0.1, 0.15) is 0 Å². The van der Waals surface area contributed by atoms with Crippen LogP contribution < -0.4 is 5.09 Å². The van der Waals surface area contributed by atoms with Crippen LogP contribution in [0.3, 0.4) is 0 Å². The van der Waals surface area contributed by atoms with Crippen molar-refractivity contribution in [3.05, 3.63) is 0 Å². The van der Waals surface area contributed by atoms with Crippen molar-refractivity contribution in [1.82, 2.24) is 5.09 Å². The predicted molar refractivity (Wildman–Crippen MR) is 107 cm³/mol. The maximum atomic E-state index is 11.9. The van der Waals surface area contributed by atoms with Gasteiger partial charge in [-0.15, -0.1) is 23.2 Å². The van der Waals surface area contributed by atoms with Gasteiger partial charge in [-0.3, -0.25) is 5.09 Å². The third-order valence-corrected chi connectivity index (χ3v) is 8.21. The van der Waals surface area contributed by atoms with E-state index in [1.807, 2.05) is 0 Å². The predicted octanol–water partition coefficient (Wildman–Crippen LogP) is 7.73. The first-order chi connectivity index (χ1) is 11.2. The van der Waals surface area contributed by atoms with E-state index in [1.54, 1.807) is 0 Å². The number of unbranched alkanes of at least 4 members (excludes halogenated alkanes) is 13. The number of alkyl halides is 2. The quantitative estimate of drug-likeness (QED) is 0.148. The zero-order valence-corrected chi connectivity index (χ0v) is 17.5. The van der Waals surface area contributed by atoms with Crippen LogP contribution in [0.5, 0.6) is 0 Å². The van der Waals surface area contributed by atoms with E-state index >= 15 is 0 Å². The topological polar surface area (TPSA) is 29.1 Å². The molecule has 1 N–H and O–H groups in total. The molecule has 0 atom stereocenters. The zero-order chi connectivity index (χ0) is 17.2. The number of hydrogen-bond donors (Lipinski definition) is 1. The molecule has 5 heteroatoms. The molecule has 0 aromatic rings. The number of nitrogens with one attached hydrogen (secondary N) is 1. The molecule has 0 bridgehead atoms. The van der Waals surface area contributed by atoms with Gasteiger partial charge in [-0.2, -0.15) is 0 Å². The third kappa shape index (κ3) is 16.0. The van der Waals surface area contributed by atoms with E-state index in [1.165, 1.54) is 83.5 Å². The lowest BCUT2D eigenvalue weighted by atomic mass is 10.0. The Balaban J connectivity index is 3.15. The molecule has 23 heavy (non-hydrogen) atoms. The minimum Gasteiger partial charge on any atom is -0.304 e. The first-order valence-corrected chi connectivity index (χ1v) is 12.8. The van der Waals surface area contributed by atoms with Crippen LogP contribution in [-0.4, -0.2) is 17.8 Å². The average molecular weight is 386 g/mol. The fourth-order valence-corrected chi connectivity index (χ4v) is 4.79. The van der Waals surface area contributed by atoms with Crippen molar-refractivity contribution < 1.29 is 4.57 Å². The molecule has 0 unspecified atom stereocenters. The molecule has 140 valence electrons. The van der Waals surface area contributed by atoms with Crippen molar-refractivity contribution in [3.8, 4) is 0 Å². The van der Waals surface area contributed by atoms with Crippen LogP contribution in [0, 0.1) is 0 Å². The largest absolute Gasteiger partial charge is 0.304 e. The van der Waals surface area contributed by atoms with Gasteiger partial charge in [-0.1, -0.05) is 90.4 Å². The molecule has 0 aliphatic carbocycles. The number of halogens is 2. The number of hydrogen-bond acceptors (Lipinski definition) is 1. The van der Waals surface area contributed by atoms with Crippen LogP contribution in [-0.2, 0) is 4.57 Å². The van der Waals surface area contributed by atoms with Crippen molar-refractivity contribution in [2.45, 2.75) is 96.8 Å². The number of rotatable bonds is 18. The highest BCUT2D eigenvalue weighted by Crippen LogP contribution is 2.42. The second-order valence-corrected chi connectivity index (χ2v) is 10.6. The highest BCUT2D eigenvalue weighted by Gasteiger charge is 2.17. The van der Waals surface area contributed by atoms with Gasteiger partial charge in [0.05, 0.1) is 11.2 Å². The van der Waals surface area contributed by atoms with Gasteiger partial charge in [0.15, 0.2) is 7.29 Å². The molecule has 0 amide bonds. The third-order valence-electron chi connectivity index (χ3n) is 4.32. The first kappa shape index (κ1) is 23.8. The SMILES string of the molecule is CCCCCCCCCCCCCCCCNP(=O)(CCl)CCl. The molecular weight excluding hydrogens is 348 g/mol. The zero-order valence-electron chi connectivity index (χ0n) is 15.1. The maximum absolute atomic E-state index is 11.9. The Morgan fingerprint density at radius 3 is 1.35 bits per heavy atom. The minimum atomic E-state index is -2.49. The van der Waals surface area contributed by atoms with E-state index in [2.05, 4.69) is 12.0 Å². The summed E-state index contributed by atoms with van der Waals surface area (Å²) in [5, 5.41) is 3.03. The monoisotopic (exact) mass is 385 g/mol. The highest BCUT2D eigenvalue weighted by molar-refractivity contribution is 7.64. The van der Waals surface area contributed by atoms with Crippen molar-refractivity contribution in [1.29, 1.82) is 0 Å². The molecule has 0 fully saturated rings. The van der Waals surface area contributed by atoms with Gasteiger partial charge >= 0.3 is 0 Å². The average Bonchev–Trinajstić information content (AvgIpc) is 2.58. The van der Waals surface area contributed by atoms with Crippen molar-refractivity contribution in [2.75, 3.05) is 17.8 Å². The summed E-state index contributed by atoms with van der Waals surface area (Å²) in [6.07, 6.45) is 18.9. The van der Waals surface area contributed by atoms with Crippen molar-refractivity contribution >= 4 is 30.5 Å². The van der Waals surface area contributed by atoms with E-state index in [-0.39, 0.29) is 11.2 Å².